The van der Waals surface area contributed by atoms with Crippen molar-refractivity contribution < 1.29 is 18.3 Å². The molecule has 0 aliphatic heterocycles. The molecule has 0 saturated heterocycles. The number of carbonyl (C=O) groups is 1. The molecule has 0 fully saturated rings. The van der Waals surface area contributed by atoms with Gasteiger partial charge in [0.05, 0.1) is 19.2 Å². The summed E-state index contributed by atoms with van der Waals surface area (Å²) in [6.07, 6.45) is 1.65. The Hall–Kier alpha value is -1.97. The second kappa shape index (κ2) is 7.58. The minimum Gasteiger partial charge on any atom is -0.445 e. The molecule has 0 aliphatic rings. The van der Waals surface area contributed by atoms with Crippen LogP contribution in [0.3, 0.4) is 0 Å². The second-order valence-corrected chi connectivity index (χ2v) is 4.48. The summed E-state index contributed by atoms with van der Waals surface area (Å²) in [6, 6.07) is 0. The average molecular weight is 353 g/mol. The number of rotatable bonds is 6. The van der Waals surface area contributed by atoms with Gasteiger partial charge in [-0.05, 0) is 6.08 Å². The summed E-state index contributed by atoms with van der Waals surface area (Å²) in [5.74, 6) is 0. The van der Waals surface area contributed by atoms with Gasteiger partial charge in [0, 0.05) is 5.57 Å². The van der Waals surface area contributed by atoms with Crippen LogP contribution >= 0.6 is 15.9 Å². The second-order valence-electron chi connectivity index (χ2n) is 3.54. The van der Waals surface area contributed by atoms with Crippen molar-refractivity contribution in [2.24, 2.45) is 5.73 Å². The van der Waals surface area contributed by atoms with E-state index in [-0.39, 0.29) is 24.8 Å². The fourth-order valence-electron chi connectivity index (χ4n) is 1.25. The molecule has 0 radical (unpaired) electrons. The van der Waals surface area contributed by atoms with Gasteiger partial charge in [0.2, 0.25) is 0 Å². The van der Waals surface area contributed by atoms with Gasteiger partial charge in [-0.1, -0.05) is 15.9 Å². The summed E-state index contributed by atoms with van der Waals surface area (Å²) < 4.78 is 31.1. The third kappa shape index (κ3) is 4.30. The topological polar surface area (TPSA) is 92.1 Å². The van der Waals surface area contributed by atoms with E-state index >= 15 is 0 Å². The number of primary amides is 1. The number of halogens is 3. The van der Waals surface area contributed by atoms with Gasteiger partial charge in [0.1, 0.15) is 17.9 Å². The molecule has 1 heterocycles. The number of amides is 1. The van der Waals surface area contributed by atoms with Crippen molar-refractivity contribution in [3.63, 3.8) is 0 Å². The molecule has 1 unspecified atom stereocenters. The van der Waals surface area contributed by atoms with Gasteiger partial charge in [-0.25, -0.2) is 23.1 Å². The van der Waals surface area contributed by atoms with Crippen molar-refractivity contribution >= 4 is 22.0 Å². The molecule has 110 valence electrons. The van der Waals surface area contributed by atoms with Crippen LogP contribution in [0.5, 0.6) is 0 Å². The molecule has 1 amide bonds. The van der Waals surface area contributed by atoms with Gasteiger partial charge in [-0.15, -0.1) is 0 Å². The molecule has 20 heavy (non-hydrogen) atoms. The minimum atomic E-state index is -1.06. The van der Waals surface area contributed by atoms with E-state index < -0.39 is 23.3 Å². The first-order chi connectivity index (χ1) is 9.49. The van der Waals surface area contributed by atoms with Gasteiger partial charge >= 0.3 is 11.8 Å². The summed E-state index contributed by atoms with van der Waals surface area (Å²) in [5.41, 5.74) is 4.14. The number of nitrogens with two attached hydrogens (primary N) is 1. The lowest BCUT2D eigenvalue weighted by Crippen LogP contribution is -2.27. The highest BCUT2D eigenvalue weighted by Crippen LogP contribution is 2.13. The zero-order valence-electron chi connectivity index (χ0n) is 10.1. The molecular weight excluding hydrogens is 342 g/mol. The first-order valence-corrected chi connectivity index (χ1v) is 6.16. The zero-order valence-corrected chi connectivity index (χ0v) is 11.7. The highest BCUT2D eigenvalue weighted by atomic mass is 79.9. The van der Waals surface area contributed by atoms with Gasteiger partial charge < -0.3 is 10.5 Å². The van der Waals surface area contributed by atoms with Crippen LogP contribution in [0.25, 0.3) is 0 Å². The van der Waals surface area contributed by atoms with Crippen molar-refractivity contribution in [2.75, 3.05) is 6.61 Å². The molecule has 0 spiro atoms. The quantitative estimate of drug-likeness (QED) is 0.782. The standard InChI is InChI=1S/C10H11BrF2N4O3/c11-8(1-2-12)16-6-15-17(10(16)19)4-7(3-13)5-20-9(14)18/h1-3,6,8H,4-5H2,(H2,14,18)/b2-1+,7-3-. The molecule has 0 aromatic carbocycles. The number of allylic oxidation sites excluding steroid dienone is 1. The Labute approximate surface area is 120 Å². The monoisotopic (exact) mass is 352 g/mol. The van der Waals surface area contributed by atoms with E-state index in [2.05, 4.69) is 25.8 Å². The summed E-state index contributed by atoms with van der Waals surface area (Å²) >= 11 is 3.05. The van der Waals surface area contributed by atoms with E-state index in [9.17, 15) is 18.4 Å². The maximum Gasteiger partial charge on any atom is 0.404 e. The summed E-state index contributed by atoms with van der Waals surface area (Å²) in [6.45, 7) is -0.623. The van der Waals surface area contributed by atoms with E-state index in [1.807, 2.05) is 0 Å². The molecule has 1 rings (SSSR count). The molecule has 0 bridgehead atoms. The van der Waals surface area contributed by atoms with E-state index in [4.69, 9.17) is 5.73 Å². The molecule has 1 aromatic rings. The van der Waals surface area contributed by atoms with Crippen LogP contribution in [0, 0.1) is 0 Å². The van der Waals surface area contributed by atoms with Crippen LogP contribution < -0.4 is 11.4 Å². The Kier molecular flexibility index (Phi) is 6.10. The van der Waals surface area contributed by atoms with Gasteiger partial charge in [0.15, 0.2) is 0 Å². The van der Waals surface area contributed by atoms with Crippen molar-refractivity contribution in [3.05, 3.63) is 41.1 Å². The fourth-order valence-corrected chi connectivity index (χ4v) is 1.64. The first kappa shape index (κ1) is 16.1. The van der Waals surface area contributed by atoms with Crippen LogP contribution in [0.4, 0.5) is 13.6 Å². The van der Waals surface area contributed by atoms with Crippen molar-refractivity contribution in [2.45, 2.75) is 11.5 Å². The SMILES string of the molecule is NC(=O)OC/C(=C\F)Cn1ncn(C(Br)/C=C/F)c1=O. The molecule has 0 aliphatic carbocycles. The normalized spacial score (nSPS) is 13.7. The fraction of sp³-hybridized carbons (Fsp3) is 0.300. The zero-order chi connectivity index (χ0) is 15.1. The van der Waals surface area contributed by atoms with Crippen LogP contribution in [-0.4, -0.2) is 27.0 Å². The Morgan fingerprint density at radius 2 is 2.30 bits per heavy atom. The van der Waals surface area contributed by atoms with E-state index in [0.717, 1.165) is 21.7 Å². The number of nitrogens with zero attached hydrogens (tertiary/aromatic N) is 3. The lowest BCUT2D eigenvalue weighted by Gasteiger charge is -2.05. The highest BCUT2D eigenvalue weighted by Gasteiger charge is 2.12. The van der Waals surface area contributed by atoms with Gasteiger partial charge in [0.25, 0.3) is 0 Å². The van der Waals surface area contributed by atoms with Crippen LogP contribution in [0.1, 0.15) is 4.95 Å². The maximum atomic E-state index is 12.6. The van der Waals surface area contributed by atoms with Crippen molar-refractivity contribution in [1.29, 1.82) is 0 Å². The predicted molar refractivity (Wildman–Crippen MR) is 69.4 cm³/mol. The third-order valence-electron chi connectivity index (χ3n) is 2.16. The van der Waals surface area contributed by atoms with Gasteiger partial charge in [-0.3, -0.25) is 4.57 Å². The average Bonchev–Trinajstić information content (AvgIpc) is 2.76. The molecule has 7 nitrogen and oxygen atoms in total. The summed E-state index contributed by atoms with van der Waals surface area (Å²) in [4.78, 5) is 21.6. The molecule has 2 N–H and O–H groups in total. The molecule has 10 heteroatoms. The Bertz CT molecular complexity index is 581. The largest absolute Gasteiger partial charge is 0.445 e. The van der Waals surface area contributed by atoms with E-state index in [1.54, 1.807) is 0 Å². The van der Waals surface area contributed by atoms with Gasteiger partial charge in [-0.2, -0.15) is 5.10 Å². The molecular formula is C10H11BrF2N4O3. The number of hydrogen-bond acceptors (Lipinski definition) is 4. The first-order valence-electron chi connectivity index (χ1n) is 5.24. The number of carbonyl (C=O) groups excluding carboxylic acids is 1. The Morgan fingerprint density at radius 3 is 2.85 bits per heavy atom. The van der Waals surface area contributed by atoms with Crippen molar-refractivity contribution in [3.8, 4) is 0 Å². The number of hydrogen-bond donors (Lipinski definition) is 1. The summed E-state index contributed by atoms with van der Waals surface area (Å²) in [7, 11) is 0. The number of ether oxygens (including phenoxy) is 1. The van der Waals surface area contributed by atoms with Crippen LogP contribution in [0.15, 0.2) is 35.4 Å². The Balaban J connectivity index is 2.83. The smallest absolute Gasteiger partial charge is 0.404 e. The predicted octanol–water partition coefficient (Wildman–Crippen LogP) is 1.37. The molecule has 1 aromatic heterocycles. The molecule has 1 atom stereocenters. The van der Waals surface area contributed by atoms with Crippen LogP contribution in [0.2, 0.25) is 0 Å². The summed E-state index contributed by atoms with van der Waals surface area (Å²) in [5, 5.41) is 3.74. The highest BCUT2D eigenvalue weighted by molar-refractivity contribution is 9.09. The molecule has 0 saturated carbocycles. The Morgan fingerprint density at radius 1 is 1.60 bits per heavy atom. The third-order valence-corrected chi connectivity index (χ3v) is 2.91. The minimum absolute atomic E-state index is 0.0108. The number of aromatic nitrogens is 3. The maximum absolute atomic E-state index is 12.6. The van der Waals surface area contributed by atoms with Crippen molar-refractivity contribution in [1.82, 2.24) is 14.3 Å². The van der Waals surface area contributed by atoms with E-state index in [0.29, 0.717) is 0 Å². The van der Waals surface area contributed by atoms with E-state index in [1.165, 1.54) is 0 Å². The van der Waals surface area contributed by atoms with Crippen LogP contribution in [-0.2, 0) is 11.3 Å². The lowest BCUT2D eigenvalue weighted by molar-refractivity contribution is 0.164. The lowest BCUT2D eigenvalue weighted by atomic mass is 10.3. The number of alkyl halides is 1.